The van der Waals surface area contributed by atoms with Crippen molar-refractivity contribution < 1.29 is 28.7 Å². The summed E-state index contributed by atoms with van der Waals surface area (Å²) in [5, 5.41) is 5.45. The van der Waals surface area contributed by atoms with Gasteiger partial charge >= 0.3 is 12.2 Å². The zero-order valence-electron chi connectivity index (χ0n) is 38.7. The second-order valence-electron chi connectivity index (χ2n) is 19.5. The van der Waals surface area contributed by atoms with Crippen LogP contribution in [-0.2, 0) is 19.1 Å². The molecule has 2 aromatic heterocycles. The van der Waals surface area contributed by atoms with Crippen molar-refractivity contribution in [3.63, 3.8) is 0 Å². The highest BCUT2D eigenvalue weighted by atomic mass is 16.5. The number of nitrogens with one attached hydrogen (secondary N) is 4. The van der Waals surface area contributed by atoms with Crippen LogP contribution in [0.4, 0.5) is 9.59 Å². The fourth-order valence-corrected chi connectivity index (χ4v) is 11.4. The van der Waals surface area contributed by atoms with E-state index in [9.17, 15) is 19.2 Å². The molecule has 1 saturated carbocycles. The van der Waals surface area contributed by atoms with Crippen LogP contribution in [0.5, 0.6) is 0 Å². The number of methoxy groups -OCH3 is 2. The van der Waals surface area contributed by atoms with Crippen LogP contribution in [0.1, 0.15) is 120 Å². The van der Waals surface area contributed by atoms with Crippen molar-refractivity contribution in [3.8, 4) is 33.5 Å². The number of nitrogens with zero attached hydrogens (tertiary/aromatic N) is 4. The van der Waals surface area contributed by atoms with Gasteiger partial charge < -0.3 is 39.9 Å². The van der Waals surface area contributed by atoms with Gasteiger partial charge in [0.15, 0.2) is 0 Å². The number of aromatic amines is 2. The molecule has 3 fully saturated rings. The van der Waals surface area contributed by atoms with Crippen molar-refractivity contribution >= 4 is 35.0 Å². The predicted molar refractivity (Wildman–Crippen MR) is 249 cm³/mol. The first kappa shape index (κ1) is 44.0. The number of imidazole rings is 2. The summed E-state index contributed by atoms with van der Waals surface area (Å²) in [6.07, 6.45) is 4.98. The summed E-state index contributed by atoms with van der Waals surface area (Å²) in [5.41, 5.74) is 11.5. The first-order chi connectivity index (χ1) is 31.3. The molecule has 5 aromatic rings. The molecule has 3 aromatic carbocycles. The molecule has 0 radical (unpaired) electrons. The summed E-state index contributed by atoms with van der Waals surface area (Å²) < 4.78 is 9.62. The molecule has 9 rings (SSSR count). The number of fused-ring (bicyclic) bond motifs is 6. The average Bonchev–Trinajstić information content (AvgIpc) is 4.18. The Labute approximate surface area is 380 Å². The van der Waals surface area contributed by atoms with E-state index in [1.165, 1.54) is 48.5 Å². The second-order valence-corrected chi connectivity index (χ2v) is 19.5. The number of carbonyl (C=O) groups excluding carboxylic acids is 4. The van der Waals surface area contributed by atoms with Crippen LogP contribution in [0, 0.1) is 23.7 Å². The van der Waals surface area contributed by atoms with Crippen molar-refractivity contribution in [2.24, 2.45) is 23.7 Å². The van der Waals surface area contributed by atoms with Gasteiger partial charge in [0.05, 0.1) is 49.2 Å². The summed E-state index contributed by atoms with van der Waals surface area (Å²) in [6.45, 7) is 13.6. The number of carbonyl (C=O) groups is 4. The Morgan fingerprint density at radius 2 is 1.35 bits per heavy atom. The van der Waals surface area contributed by atoms with Gasteiger partial charge in [0.1, 0.15) is 23.7 Å². The quantitative estimate of drug-likeness (QED) is 0.102. The Bertz CT molecular complexity index is 2620. The lowest BCUT2D eigenvalue weighted by Crippen LogP contribution is -2.51. The van der Waals surface area contributed by atoms with Gasteiger partial charge in [-0.15, -0.1) is 0 Å². The average molecular weight is 883 g/mol. The topological polar surface area (TPSA) is 175 Å². The molecule has 9 atom stereocenters. The van der Waals surface area contributed by atoms with Crippen molar-refractivity contribution in [3.05, 3.63) is 83.6 Å². The number of alkyl carbamates (subject to hydrolysis) is 2. The highest BCUT2D eigenvalue weighted by Gasteiger charge is 2.45. The Morgan fingerprint density at radius 3 is 2.02 bits per heavy atom. The Hall–Kier alpha value is -6.18. The van der Waals surface area contributed by atoms with Gasteiger partial charge in [-0.1, -0.05) is 84.0 Å². The van der Waals surface area contributed by atoms with Crippen molar-refractivity contribution in [2.75, 3.05) is 27.3 Å². The molecular weight excluding hydrogens is 821 g/mol. The number of hydrogen-bond donors (Lipinski definition) is 4. The fraction of sp³-hybridized carbons (Fsp3) is 0.490. The summed E-state index contributed by atoms with van der Waals surface area (Å²) in [4.78, 5) is 72.4. The first-order valence-electron chi connectivity index (χ1n) is 23.4. The summed E-state index contributed by atoms with van der Waals surface area (Å²) in [5.74, 6) is 3.30. The molecule has 2 bridgehead atoms. The molecule has 4 aliphatic rings. The maximum absolute atomic E-state index is 13.8. The third-order valence-corrected chi connectivity index (χ3v) is 14.7. The van der Waals surface area contributed by atoms with Crippen LogP contribution < -0.4 is 10.6 Å². The van der Waals surface area contributed by atoms with Crippen LogP contribution in [0.2, 0.25) is 0 Å². The fourth-order valence-electron chi connectivity index (χ4n) is 11.4. The van der Waals surface area contributed by atoms with E-state index in [1.807, 2.05) is 36.8 Å². The molecule has 65 heavy (non-hydrogen) atoms. The lowest BCUT2D eigenvalue weighted by Gasteiger charge is -2.30. The van der Waals surface area contributed by atoms with Gasteiger partial charge in [0.25, 0.3) is 0 Å². The van der Waals surface area contributed by atoms with E-state index in [2.05, 4.69) is 96.0 Å². The zero-order valence-corrected chi connectivity index (χ0v) is 38.7. The molecule has 0 spiro atoms. The van der Waals surface area contributed by atoms with E-state index in [0.717, 1.165) is 58.8 Å². The minimum atomic E-state index is -0.698. The molecule has 2 aliphatic heterocycles. The van der Waals surface area contributed by atoms with Crippen LogP contribution in [0.15, 0.2) is 60.8 Å². The number of likely N-dealkylation sites (tertiary alicyclic amines) is 2. The maximum Gasteiger partial charge on any atom is 0.407 e. The molecule has 342 valence electrons. The molecule has 4 heterocycles. The van der Waals surface area contributed by atoms with Gasteiger partial charge in [-0.05, 0) is 119 Å². The second kappa shape index (κ2) is 17.7. The van der Waals surface area contributed by atoms with Gasteiger partial charge in [0.2, 0.25) is 11.8 Å². The summed E-state index contributed by atoms with van der Waals surface area (Å²) in [6, 6.07) is 18.0. The Morgan fingerprint density at radius 1 is 0.738 bits per heavy atom. The van der Waals surface area contributed by atoms with E-state index in [0.29, 0.717) is 37.3 Å². The lowest BCUT2D eigenvalue weighted by molar-refractivity contribution is -0.136. The van der Waals surface area contributed by atoms with E-state index < -0.39 is 24.3 Å². The Kier molecular flexibility index (Phi) is 12.0. The smallest absolute Gasteiger partial charge is 0.407 e. The molecule has 2 saturated heterocycles. The van der Waals surface area contributed by atoms with E-state index in [-0.39, 0.29) is 41.7 Å². The Balaban J connectivity index is 0.970. The van der Waals surface area contributed by atoms with Crippen molar-refractivity contribution in [1.82, 2.24) is 40.4 Å². The minimum Gasteiger partial charge on any atom is -0.453 e. The van der Waals surface area contributed by atoms with Crippen molar-refractivity contribution in [2.45, 2.75) is 110 Å². The molecule has 2 aliphatic carbocycles. The van der Waals surface area contributed by atoms with Crippen molar-refractivity contribution in [1.29, 1.82) is 0 Å². The van der Waals surface area contributed by atoms with Gasteiger partial charge in [-0.25, -0.2) is 19.6 Å². The predicted octanol–water partition coefficient (Wildman–Crippen LogP) is 9.23. The SMILES string of the molecule is CCC(NC(=O)OC)C(=O)N1CC(C)CC1c1nc2ccc(-c3ccc(-c4ccc(-c5cnc(C6CC(C)CN6C(=O)C(NC(=O)OC)C(C)C)[nH]5)cc4)c4c3C3CC(C)C4C3)cc2[nH]1. The molecule has 14 heteroatoms. The number of rotatable bonds is 11. The summed E-state index contributed by atoms with van der Waals surface area (Å²) in [7, 11) is 2.61. The van der Waals surface area contributed by atoms with Gasteiger partial charge in [0, 0.05) is 13.1 Å². The highest BCUT2D eigenvalue weighted by molar-refractivity contribution is 5.89. The van der Waals surface area contributed by atoms with Crippen LogP contribution >= 0.6 is 0 Å². The number of aromatic nitrogens is 4. The molecule has 4 N–H and O–H groups in total. The molecular formula is C51H62N8O6. The van der Waals surface area contributed by atoms with E-state index in [4.69, 9.17) is 19.4 Å². The largest absolute Gasteiger partial charge is 0.453 e. The number of ether oxygens (including phenoxy) is 2. The normalized spacial score (nSPS) is 24.4. The molecule has 4 amide bonds. The molecule has 14 nitrogen and oxygen atoms in total. The van der Waals surface area contributed by atoms with Crippen LogP contribution in [0.25, 0.3) is 44.5 Å². The van der Waals surface area contributed by atoms with Crippen LogP contribution in [0.3, 0.4) is 0 Å². The van der Waals surface area contributed by atoms with Gasteiger partial charge in [-0.3, -0.25) is 9.59 Å². The van der Waals surface area contributed by atoms with Gasteiger partial charge in [-0.2, -0.15) is 0 Å². The van der Waals surface area contributed by atoms with E-state index >= 15 is 0 Å². The molecule has 9 unspecified atom stereocenters. The first-order valence-corrected chi connectivity index (χ1v) is 23.4. The number of H-pyrrole nitrogens is 2. The van der Waals surface area contributed by atoms with E-state index in [1.54, 1.807) is 0 Å². The minimum absolute atomic E-state index is 0.113. The third kappa shape index (κ3) is 8.13. The number of hydrogen-bond acceptors (Lipinski definition) is 8. The number of amides is 4. The van der Waals surface area contributed by atoms with Crippen LogP contribution in [-0.4, -0.2) is 93.1 Å². The number of benzene rings is 3. The maximum atomic E-state index is 13.8. The third-order valence-electron chi connectivity index (χ3n) is 14.7. The zero-order chi connectivity index (χ0) is 45.8. The summed E-state index contributed by atoms with van der Waals surface area (Å²) >= 11 is 0. The monoisotopic (exact) mass is 882 g/mol. The lowest BCUT2D eigenvalue weighted by atomic mass is 9.77. The highest BCUT2D eigenvalue weighted by Crippen LogP contribution is 2.60. The standard InChI is InChI=1S/C51H62N8O6/c1-9-37(56-50(62)64-7)48(60)58-24-28(5)19-42(58)47-53-38-17-14-32(22-39(38)54-47)35-16-15-34(44-36-21-33(43(35)44)20-29(36)6)30-10-12-31(13-11-30)40-23-52-46(55-40)41-18-27(4)25-59(41)49(61)45(26(2)3)57-51(63)65-8/h10-17,22-23,26-29,33,36-37,41-42,45H,9,18-21,24-25H2,1-8H3,(H,52,55)(H,53,54)(H,56,62)(H,57,63).